The van der Waals surface area contributed by atoms with Crippen LogP contribution in [0.5, 0.6) is 0 Å². The number of carbonyl (C=O) groups is 1. The van der Waals surface area contributed by atoms with Crippen LogP contribution in [0, 0.1) is 29.6 Å². The lowest BCUT2D eigenvalue weighted by molar-refractivity contribution is -0.136. The second-order valence-electron chi connectivity index (χ2n) is 8.10. The van der Waals surface area contributed by atoms with Crippen LogP contribution in [0.15, 0.2) is 23.9 Å². The van der Waals surface area contributed by atoms with Crippen molar-refractivity contribution < 1.29 is 4.79 Å². The first-order chi connectivity index (χ1) is 11.1. The van der Waals surface area contributed by atoms with Gasteiger partial charge in [0.2, 0.25) is 5.91 Å². The number of likely N-dealkylation sites (tertiary alicyclic amines) is 1. The molecule has 3 rings (SSSR count). The van der Waals surface area contributed by atoms with Gasteiger partial charge in [-0.1, -0.05) is 64.7 Å². The fourth-order valence-corrected chi connectivity index (χ4v) is 4.56. The maximum absolute atomic E-state index is 12.8. The van der Waals surface area contributed by atoms with Gasteiger partial charge in [0.25, 0.3) is 0 Å². The average Bonchev–Trinajstić information content (AvgIpc) is 2.71. The standard InChI is InChI=1S/C21H33NO/c1-4-5-6-7-11-18-19-16-12-13-17(16)20(19)21(23)22(18)14-9-8-10-15(2)3/h11-13,15-17,19-20H,4-10,14H2,1-3H3/b18-11+. The summed E-state index contributed by atoms with van der Waals surface area (Å²) in [6.45, 7) is 7.75. The van der Waals surface area contributed by atoms with Gasteiger partial charge in [0, 0.05) is 18.2 Å². The summed E-state index contributed by atoms with van der Waals surface area (Å²) >= 11 is 0. The highest BCUT2D eigenvalue weighted by molar-refractivity contribution is 5.87. The first-order valence-electron chi connectivity index (χ1n) is 9.85. The van der Waals surface area contributed by atoms with Crippen molar-refractivity contribution >= 4 is 5.91 Å². The van der Waals surface area contributed by atoms with E-state index >= 15 is 0 Å². The Hall–Kier alpha value is -1.05. The Morgan fingerprint density at radius 2 is 1.83 bits per heavy atom. The lowest BCUT2D eigenvalue weighted by Gasteiger charge is -2.49. The number of hydrogen-bond acceptors (Lipinski definition) is 1. The second kappa shape index (κ2) is 7.23. The number of rotatable bonds is 9. The molecule has 1 amide bonds. The summed E-state index contributed by atoms with van der Waals surface area (Å²) < 4.78 is 0. The summed E-state index contributed by atoms with van der Waals surface area (Å²) in [7, 11) is 0. The molecule has 2 heteroatoms. The number of allylic oxidation sites excluding steroid dienone is 4. The van der Waals surface area contributed by atoms with Gasteiger partial charge >= 0.3 is 0 Å². The monoisotopic (exact) mass is 315 g/mol. The summed E-state index contributed by atoms with van der Waals surface area (Å²) in [5, 5.41) is 0. The third-order valence-electron chi connectivity index (χ3n) is 5.99. The molecule has 0 N–H and O–H groups in total. The van der Waals surface area contributed by atoms with Crippen molar-refractivity contribution in [1.82, 2.24) is 4.90 Å². The van der Waals surface area contributed by atoms with E-state index in [1.54, 1.807) is 0 Å². The highest BCUT2D eigenvalue weighted by Crippen LogP contribution is 2.61. The van der Waals surface area contributed by atoms with Crippen LogP contribution in [0.3, 0.4) is 0 Å². The first kappa shape index (κ1) is 16.8. The van der Waals surface area contributed by atoms with Crippen LogP contribution in [0.1, 0.15) is 65.7 Å². The van der Waals surface area contributed by atoms with E-state index < -0.39 is 0 Å². The molecule has 0 aromatic heterocycles. The normalized spacial score (nSPS) is 33.0. The van der Waals surface area contributed by atoms with Gasteiger partial charge in [-0.25, -0.2) is 0 Å². The lowest BCUT2D eigenvalue weighted by Crippen LogP contribution is -2.49. The lowest BCUT2D eigenvalue weighted by atomic mass is 9.52. The van der Waals surface area contributed by atoms with Crippen molar-refractivity contribution in [2.75, 3.05) is 6.54 Å². The van der Waals surface area contributed by atoms with Crippen molar-refractivity contribution in [2.45, 2.75) is 65.7 Å². The van der Waals surface area contributed by atoms with Gasteiger partial charge in [-0.3, -0.25) is 4.79 Å². The van der Waals surface area contributed by atoms with E-state index in [4.69, 9.17) is 0 Å². The Morgan fingerprint density at radius 1 is 1.09 bits per heavy atom. The molecule has 2 nitrogen and oxygen atoms in total. The maximum Gasteiger partial charge on any atom is 0.231 e. The summed E-state index contributed by atoms with van der Waals surface area (Å²) in [4.78, 5) is 15.0. The van der Waals surface area contributed by atoms with Crippen LogP contribution < -0.4 is 0 Å². The quantitative estimate of drug-likeness (QED) is 0.425. The number of nitrogens with zero attached hydrogens (tertiary/aromatic N) is 1. The van der Waals surface area contributed by atoms with Crippen LogP contribution in [-0.4, -0.2) is 17.4 Å². The van der Waals surface area contributed by atoms with Crippen molar-refractivity contribution in [3.8, 4) is 0 Å². The van der Waals surface area contributed by atoms with Crippen LogP contribution in [-0.2, 0) is 4.79 Å². The van der Waals surface area contributed by atoms with Crippen LogP contribution >= 0.6 is 0 Å². The molecule has 128 valence electrons. The van der Waals surface area contributed by atoms with E-state index in [1.807, 2.05) is 0 Å². The van der Waals surface area contributed by atoms with Gasteiger partial charge < -0.3 is 4.90 Å². The maximum atomic E-state index is 12.8. The van der Waals surface area contributed by atoms with Gasteiger partial charge in [0.15, 0.2) is 0 Å². The van der Waals surface area contributed by atoms with Crippen LogP contribution in [0.2, 0.25) is 0 Å². The fraction of sp³-hybridized carbons (Fsp3) is 0.762. The predicted molar refractivity (Wildman–Crippen MR) is 95.7 cm³/mol. The van der Waals surface area contributed by atoms with Gasteiger partial charge in [0.1, 0.15) is 0 Å². The Kier molecular flexibility index (Phi) is 5.28. The number of amides is 1. The Bertz CT molecular complexity index is 490. The zero-order valence-corrected chi connectivity index (χ0v) is 15.1. The minimum absolute atomic E-state index is 0.285. The van der Waals surface area contributed by atoms with E-state index in [2.05, 4.69) is 43.9 Å². The topological polar surface area (TPSA) is 20.3 Å². The predicted octanol–water partition coefficient (Wildman–Crippen LogP) is 5.17. The molecule has 0 spiro atoms. The molecule has 4 unspecified atom stereocenters. The number of carbonyl (C=O) groups excluding carboxylic acids is 1. The summed E-state index contributed by atoms with van der Waals surface area (Å²) in [6, 6.07) is 0. The molecular weight excluding hydrogens is 282 g/mol. The molecule has 1 saturated carbocycles. The number of fused-ring (bicyclic) bond motifs is 4. The second-order valence-corrected chi connectivity index (χ2v) is 8.10. The molecule has 0 radical (unpaired) electrons. The van der Waals surface area contributed by atoms with Gasteiger partial charge in [-0.2, -0.15) is 0 Å². The molecule has 2 aliphatic carbocycles. The highest BCUT2D eigenvalue weighted by atomic mass is 16.2. The minimum Gasteiger partial charge on any atom is -0.316 e. The third-order valence-corrected chi connectivity index (χ3v) is 5.99. The van der Waals surface area contributed by atoms with Crippen molar-refractivity contribution in [3.05, 3.63) is 23.9 Å². The molecule has 4 atom stereocenters. The summed E-state index contributed by atoms with van der Waals surface area (Å²) in [5.41, 5.74) is 1.38. The van der Waals surface area contributed by atoms with E-state index in [-0.39, 0.29) is 5.92 Å². The summed E-state index contributed by atoms with van der Waals surface area (Å²) in [5.74, 6) is 3.22. The molecule has 0 bridgehead atoms. The Labute approximate surface area is 142 Å². The molecule has 1 aliphatic heterocycles. The summed E-state index contributed by atoms with van der Waals surface area (Å²) in [6.07, 6.45) is 15.6. The Morgan fingerprint density at radius 3 is 2.48 bits per heavy atom. The molecule has 0 aromatic carbocycles. The number of unbranched alkanes of at least 4 members (excludes halogenated alkanes) is 4. The third kappa shape index (κ3) is 3.14. The van der Waals surface area contributed by atoms with Crippen molar-refractivity contribution in [2.24, 2.45) is 29.6 Å². The van der Waals surface area contributed by atoms with Gasteiger partial charge in [0.05, 0.1) is 5.92 Å². The average molecular weight is 316 g/mol. The van der Waals surface area contributed by atoms with Gasteiger partial charge in [-0.15, -0.1) is 0 Å². The molecule has 0 aromatic rings. The van der Waals surface area contributed by atoms with Gasteiger partial charge in [-0.05, 0) is 37.0 Å². The molecule has 23 heavy (non-hydrogen) atoms. The number of hydrogen-bond donors (Lipinski definition) is 0. The minimum atomic E-state index is 0.285. The molecule has 1 heterocycles. The molecule has 3 aliphatic rings. The van der Waals surface area contributed by atoms with E-state index in [1.165, 1.54) is 37.8 Å². The SMILES string of the molecule is CCCCC/C=C1\C2C3C=CC3C2C(=O)N1CCCCC(C)C. The zero-order chi connectivity index (χ0) is 16.4. The smallest absolute Gasteiger partial charge is 0.231 e. The highest BCUT2D eigenvalue weighted by Gasteiger charge is 2.62. The van der Waals surface area contributed by atoms with Crippen LogP contribution in [0.25, 0.3) is 0 Å². The zero-order valence-electron chi connectivity index (χ0n) is 15.1. The van der Waals surface area contributed by atoms with Crippen molar-refractivity contribution in [3.63, 3.8) is 0 Å². The molecule has 2 fully saturated rings. The fourth-order valence-electron chi connectivity index (χ4n) is 4.56. The van der Waals surface area contributed by atoms with Crippen molar-refractivity contribution in [1.29, 1.82) is 0 Å². The Balaban J connectivity index is 1.62. The van der Waals surface area contributed by atoms with E-state index in [0.29, 0.717) is 23.7 Å². The first-order valence-corrected chi connectivity index (χ1v) is 9.85. The van der Waals surface area contributed by atoms with E-state index in [0.717, 1.165) is 25.3 Å². The van der Waals surface area contributed by atoms with Crippen LogP contribution in [0.4, 0.5) is 0 Å². The van der Waals surface area contributed by atoms with E-state index in [9.17, 15) is 4.79 Å². The molecule has 1 saturated heterocycles. The largest absolute Gasteiger partial charge is 0.316 e. The molecular formula is C21H33NO.